The number of carbonyl (C=O) groups excluding carboxylic acids is 1. The molecule has 1 unspecified atom stereocenters. The van der Waals surface area contributed by atoms with Crippen molar-refractivity contribution in [1.82, 2.24) is 10.6 Å². The number of nitrogens with one attached hydrogen (secondary N) is 2. The van der Waals surface area contributed by atoms with Gasteiger partial charge in [-0.15, -0.1) is 0 Å². The maximum Gasteiger partial charge on any atom is 0.328 e. The van der Waals surface area contributed by atoms with Crippen molar-refractivity contribution in [3.63, 3.8) is 0 Å². The van der Waals surface area contributed by atoms with E-state index in [-0.39, 0.29) is 5.91 Å². The molecule has 0 saturated carbocycles. The Bertz CT molecular complexity index is 280. The maximum absolute atomic E-state index is 11.9. The van der Waals surface area contributed by atoms with Crippen molar-refractivity contribution in [2.75, 3.05) is 6.54 Å². The molecule has 1 amide bonds. The summed E-state index contributed by atoms with van der Waals surface area (Å²) in [5.74, 6) is -1.27. The monoisotopic (exact) mass is 214 g/mol. The molecule has 1 rings (SSSR count). The zero-order chi connectivity index (χ0) is 11.7. The Balaban J connectivity index is 2.66. The number of amides is 1. The zero-order valence-electron chi connectivity index (χ0n) is 9.39. The third kappa shape index (κ3) is 2.47. The van der Waals surface area contributed by atoms with Gasteiger partial charge in [0.15, 0.2) is 0 Å². The Morgan fingerprint density at radius 1 is 1.47 bits per heavy atom. The van der Waals surface area contributed by atoms with Gasteiger partial charge in [0, 0.05) is 0 Å². The number of aliphatic carboxylic acids is 1. The second-order valence-electron chi connectivity index (χ2n) is 4.75. The van der Waals surface area contributed by atoms with Crippen molar-refractivity contribution in [3.8, 4) is 0 Å². The molecule has 1 atom stereocenters. The molecule has 0 aromatic carbocycles. The van der Waals surface area contributed by atoms with Gasteiger partial charge in [-0.1, -0.05) is 0 Å². The largest absolute Gasteiger partial charge is 0.480 e. The number of rotatable bonds is 3. The molecule has 15 heavy (non-hydrogen) atoms. The van der Waals surface area contributed by atoms with Crippen molar-refractivity contribution in [2.24, 2.45) is 0 Å². The summed E-state index contributed by atoms with van der Waals surface area (Å²) in [4.78, 5) is 22.7. The van der Waals surface area contributed by atoms with E-state index in [4.69, 9.17) is 5.11 Å². The molecule has 3 N–H and O–H groups in total. The van der Waals surface area contributed by atoms with Gasteiger partial charge >= 0.3 is 5.97 Å². The van der Waals surface area contributed by atoms with Gasteiger partial charge in [-0.25, -0.2) is 4.79 Å². The highest BCUT2D eigenvalue weighted by Gasteiger charge is 2.40. The smallest absolute Gasteiger partial charge is 0.328 e. The van der Waals surface area contributed by atoms with E-state index in [1.54, 1.807) is 6.92 Å². The molecule has 0 aromatic rings. The Hall–Kier alpha value is -1.10. The van der Waals surface area contributed by atoms with Crippen molar-refractivity contribution < 1.29 is 14.7 Å². The van der Waals surface area contributed by atoms with Crippen LogP contribution < -0.4 is 10.6 Å². The quantitative estimate of drug-likeness (QED) is 0.623. The summed E-state index contributed by atoms with van der Waals surface area (Å²) >= 11 is 0. The molecule has 1 heterocycles. The molecule has 1 aliphatic rings. The number of hydrogen-bond acceptors (Lipinski definition) is 3. The van der Waals surface area contributed by atoms with Gasteiger partial charge in [-0.05, 0) is 40.2 Å². The van der Waals surface area contributed by atoms with E-state index in [0.29, 0.717) is 0 Å². The number of carboxylic acids is 1. The topological polar surface area (TPSA) is 78.4 Å². The average Bonchev–Trinajstić information content (AvgIpc) is 2.52. The molecule has 0 bridgehead atoms. The summed E-state index contributed by atoms with van der Waals surface area (Å²) in [6.07, 6.45) is 1.69. The molecule has 0 aliphatic carbocycles. The van der Waals surface area contributed by atoms with Crippen LogP contribution in [0.3, 0.4) is 0 Å². The molecule has 1 aliphatic heterocycles. The lowest BCUT2D eigenvalue weighted by Crippen LogP contribution is -2.59. The maximum atomic E-state index is 11.9. The molecule has 5 nitrogen and oxygen atoms in total. The van der Waals surface area contributed by atoms with Crippen LogP contribution in [0.1, 0.15) is 33.6 Å². The first kappa shape index (κ1) is 12.0. The van der Waals surface area contributed by atoms with Gasteiger partial charge in [0.2, 0.25) is 5.91 Å². The third-order valence-corrected chi connectivity index (χ3v) is 2.83. The summed E-state index contributed by atoms with van der Waals surface area (Å²) in [5.41, 5.74) is -1.84. The lowest BCUT2D eigenvalue weighted by atomic mass is 9.96. The molecule has 1 fully saturated rings. The van der Waals surface area contributed by atoms with E-state index in [0.717, 1.165) is 19.4 Å². The van der Waals surface area contributed by atoms with E-state index in [1.165, 1.54) is 13.8 Å². The average molecular weight is 214 g/mol. The first-order chi connectivity index (χ1) is 6.78. The van der Waals surface area contributed by atoms with Crippen LogP contribution in [0.5, 0.6) is 0 Å². The lowest BCUT2D eigenvalue weighted by Gasteiger charge is -2.29. The highest BCUT2D eigenvalue weighted by Crippen LogP contribution is 2.19. The van der Waals surface area contributed by atoms with Gasteiger partial charge in [0.05, 0.1) is 5.54 Å². The fourth-order valence-corrected chi connectivity index (χ4v) is 1.56. The summed E-state index contributed by atoms with van der Waals surface area (Å²) in [7, 11) is 0. The van der Waals surface area contributed by atoms with Crippen LogP contribution in [-0.4, -0.2) is 34.6 Å². The van der Waals surface area contributed by atoms with Gasteiger partial charge in [-0.3, -0.25) is 4.79 Å². The Labute approximate surface area is 89.2 Å². The Morgan fingerprint density at radius 2 is 2.07 bits per heavy atom. The van der Waals surface area contributed by atoms with Crippen LogP contribution in [-0.2, 0) is 9.59 Å². The van der Waals surface area contributed by atoms with E-state index < -0.39 is 17.0 Å². The summed E-state index contributed by atoms with van der Waals surface area (Å²) in [5, 5.41) is 14.5. The van der Waals surface area contributed by atoms with Crippen molar-refractivity contribution in [3.05, 3.63) is 0 Å². The number of carboxylic acid groups (broad SMARTS) is 1. The molecule has 5 heteroatoms. The van der Waals surface area contributed by atoms with E-state index in [1.807, 2.05) is 0 Å². The zero-order valence-corrected chi connectivity index (χ0v) is 9.39. The molecule has 1 saturated heterocycles. The SMILES string of the molecule is CC(C)(NC(=O)C1(C)CCCN1)C(=O)O. The van der Waals surface area contributed by atoms with Crippen LogP contribution in [0.25, 0.3) is 0 Å². The minimum atomic E-state index is -1.22. The summed E-state index contributed by atoms with van der Waals surface area (Å²) in [6.45, 7) is 5.56. The Kier molecular flexibility index (Phi) is 3.04. The molecular formula is C10H18N2O3. The van der Waals surface area contributed by atoms with Gasteiger partial charge in [-0.2, -0.15) is 0 Å². The highest BCUT2D eigenvalue weighted by atomic mass is 16.4. The van der Waals surface area contributed by atoms with Gasteiger partial charge in [0.25, 0.3) is 0 Å². The van der Waals surface area contributed by atoms with E-state index >= 15 is 0 Å². The van der Waals surface area contributed by atoms with Crippen molar-refractivity contribution >= 4 is 11.9 Å². The fourth-order valence-electron chi connectivity index (χ4n) is 1.56. The third-order valence-electron chi connectivity index (χ3n) is 2.83. The predicted molar refractivity (Wildman–Crippen MR) is 55.5 cm³/mol. The minimum absolute atomic E-state index is 0.243. The Morgan fingerprint density at radius 3 is 2.47 bits per heavy atom. The number of carbonyl (C=O) groups is 2. The second-order valence-corrected chi connectivity index (χ2v) is 4.75. The summed E-state index contributed by atoms with van der Waals surface area (Å²) < 4.78 is 0. The molecule has 0 radical (unpaired) electrons. The summed E-state index contributed by atoms with van der Waals surface area (Å²) in [6, 6.07) is 0. The first-order valence-electron chi connectivity index (χ1n) is 5.09. The molecule has 86 valence electrons. The van der Waals surface area contributed by atoms with Crippen LogP contribution in [0.4, 0.5) is 0 Å². The molecule has 0 aromatic heterocycles. The van der Waals surface area contributed by atoms with Crippen molar-refractivity contribution in [2.45, 2.75) is 44.7 Å². The first-order valence-corrected chi connectivity index (χ1v) is 5.09. The second kappa shape index (κ2) is 3.81. The highest BCUT2D eigenvalue weighted by molar-refractivity contribution is 5.91. The predicted octanol–water partition coefficient (Wildman–Crippen LogP) is 0.108. The van der Waals surface area contributed by atoms with E-state index in [2.05, 4.69) is 10.6 Å². The van der Waals surface area contributed by atoms with Crippen molar-refractivity contribution in [1.29, 1.82) is 0 Å². The van der Waals surface area contributed by atoms with Gasteiger partial charge in [0.1, 0.15) is 5.54 Å². The van der Waals surface area contributed by atoms with Crippen LogP contribution in [0, 0.1) is 0 Å². The van der Waals surface area contributed by atoms with E-state index in [9.17, 15) is 9.59 Å². The van der Waals surface area contributed by atoms with Crippen LogP contribution in [0.15, 0.2) is 0 Å². The molecular weight excluding hydrogens is 196 g/mol. The van der Waals surface area contributed by atoms with Gasteiger partial charge < -0.3 is 15.7 Å². The minimum Gasteiger partial charge on any atom is -0.480 e. The normalized spacial score (nSPS) is 26.3. The fraction of sp³-hybridized carbons (Fsp3) is 0.800. The van der Waals surface area contributed by atoms with Crippen LogP contribution in [0.2, 0.25) is 0 Å². The van der Waals surface area contributed by atoms with Crippen LogP contribution >= 0.6 is 0 Å². The number of hydrogen-bond donors (Lipinski definition) is 3. The lowest BCUT2D eigenvalue weighted by molar-refractivity contribution is -0.147. The standard InChI is InChI=1S/C10H18N2O3/c1-9(2,8(14)15)12-7(13)10(3)5-4-6-11-10/h11H,4-6H2,1-3H3,(H,12,13)(H,14,15). The molecule has 0 spiro atoms.